The Morgan fingerprint density at radius 2 is 1.61 bits per heavy atom. The lowest BCUT2D eigenvalue weighted by Crippen LogP contribution is -2.29. The Morgan fingerprint density at radius 3 is 2.22 bits per heavy atom. The maximum absolute atomic E-state index is 13.4. The van der Waals surface area contributed by atoms with Crippen molar-refractivity contribution in [1.82, 2.24) is 0 Å². The fraction of sp³-hybridized carbons (Fsp3) is 0.179. The van der Waals surface area contributed by atoms with Gasteiger partial charge in [0.1, 0.15) is 17.3 Å². The first-order valence-corrected chi connectivity index (χ1v) is 11.2. The van der Waals surface area contributed by atoms with E-state index in [0.717, 1.165) is 0 Å². The van der Waals surface area contributed by atoms with Crippen LogP contribution in [0.2, 0.25) is 0 Å². The highest BCUT2D eigenvalue weighted by molar-refractivity contribution is 6.51. The summed E-state index contributed by atoms with van der Waals surface area (Å²) in [5, 5.41) is 14.1. The zero-order chi connectivity index (χ0) is 26.0. The summed E-state index contributed by atoms with van der Waals surface area (Å²) in [6, 6.07) is 17.7. The molecule has 0 bridgehead atoms. The van der Waals surface area contributed by atoms with Crippen LogP contribution in [0.3, 0.4) is 0 Å². The number of aliphatic hydroxyl groups excluding tert-OH is 1. The van der Waals surface area contributed by atoms with Crippen molar-refractivity contribution in [3.8, 4) is 11.5 Å². The van der Waals surface area contributed by atoms with Gasteiger partial charge in [-0.15, -0.1) is 0 Å². The molecule has 36 heavy (non-hydrogen) atoms. The Labute approximate surface area is 208 Å². The fourth-order valence-corrected chi connectivity index (χ4v) is 4.31. The monoisotopic (exact) mass is 486 g/mol. The molecule has 1 atom stereocenters. The molecule has 1 fully saturated rings. The number of nitrogens with zero attached hydrogens (tertiary/aromatic N) is 1. The van der Waals surface area contributed by atoms with Gasteiger partial charge in [-0.2, -0.15) is 0 Å². The summed E-state index contributed by atoms with van der Waals surface area (Å²) in [5.74, 6) is -0.940. The molecule has 4 rings (SSSR count). The number of hydrogen-bond acceptors (Lipinski definition) is 6. The summed E-state index contributed by atoms with van der Waals surface area (Å²) in [6.45, 7) is 3.19. The van der Waals surface area contributed by atoms with Gasteiger partial charge < -0.3 is 19.9 Å². The van der Waals surface area contributed by atoms with Crippen LogP contribution in [0.15, 0.2) is 72.3 Å². The molecular formula is C28H26N2O6. The van der Waals surface area contributed by atoms with Gasteiger partial charge in [0, 0.05) is 23.9 Å². The summed E-state index contributed by atoms with van der Waals surface area (Å²) < 4.78 is 10.6. The molecule has 0 aromatic heterocycles. The van der Waals surface area contributed by atoms with Crippen LogP contribution in [-0.2, 0) is 14.4 Å². The lowest BCUT2D eigenvalue weighted by Gasteiger charge is -2.26. The van der Waals surface area contributed by atoms with E-state index in [9.17, 15) is 19.5 Å². The molecule has 1 aliphatic rings. The number of aliphatic hydroxyl groups is 1. The average molecular weight is 487 g/mol. The number of carbonyl (C=O) groups excluding carboxylic acids is 3. The molecular weight excluding hydrogens is 460 g/mol. The number of methoxy groups -OCH3 is 2. The largest absolute Gasteiger partial charge is 0.507 e. The van der Waals surface area contributed by atoms with Crippen LogP contribution in [0, 0.1) is 6.92 Å². The first-order chi connectivity index (χ1) is 17.2. The van der Waals surface area contributed by atoms with Crippen molar-refractivity contribution in [2.24, 2.45) is 0 Å². The number of aryl methyl sites for hydroxylation is 1. The van der Waals surface area contributed by atoms with Crippen molar-refractivity contribution < 1.29 is 29.0 Å². The Hall–Kier alpha value is -4.59. The second kappa shape index (κ2) is 9.95. The second-order valence-corrected chi connectivity index (χ2v) is 8.35. The SMILES string of the molecule is COc1cccc(C2/C(=C(/O)c3ccc(OC)cc3C)C(=O)C(=O)N2c2ccc(NC(C)=O)cc2)c1. The number of rotatable bonds is 6. The quantitative estimate of drug-likeness (QED) is 0.300. The normalized spacial score (nSPS) is 16.7. The Kier molecular flexibility index (Phi) is 6.78. The van der Waals surface area contributed by atoms with Gasteiger partial charge in [0.25, 0.3) is 11.7 Å². The minimum atomic E-state index is -0.909. The van der Waals surface area contributed by atoms with Crippen molar-refractivity contribution in [2.75, 3.05) is 24.4 Å². The molecule has 2 N–H and O–H groups in total. The van der Waals surface area contributed by atoms with E-state index < -0.39 is 17.7 Å². The molecule has 0 spiro atoms. The highest BCUT2D eigenvalue weighted by atomic mass is 16.5. The zero-order valence-electron chi connectivity index (χ0n) is 20.4. The second-order valence-electron chi connectivity index (χ2n) is 8.35. The summed E-state index contributed by atoms with van der Waals surface area (Å²) in [4.78, 5) is 39.5. The Bertz CT molecular complexity index is 1380. The van der Waals surface area contributed by atoms with Gasteiger partial charge in [0.15, 0.2) is 0 Å². The number of anilines is 2. The van der Waals surface area contributed by atoms with Crippen molar-refractivity contribution in [3.63, 3.8) is 0 Å². The van der Waals surface area contributed by atoms with E-state index in [4.69, 9.17) is 9.47 Å². The third kappa shape index (κ3) is 4.53. The third-order valence-corrected chi connectivity index (χ3v) is 6.01. The average Bonchev–Trinajstić information content (AvgIpc) is 3.14. The molecule has 2 amide bonds. The highest BCUT2D eigenvalue weighted by Gasteiger charge is 2.47. The lowest BCUT2D eigenvalue weighted by atomic mass is 9.93. The predicted molar refractivity (Wildman–Crippen MR) is 136 cm³/mol. The summed E-state index contributed by atoms with van der Waals surface area (Å²) in [7, 11) is 3.07. The van der Waals surface area contributed by atoms with Crippen molar-refractivity contribution in [1.29, 1.82) is 0 Å². The minimum Gasteiger partial charge on any atom is -0.507 e. The maximum Gasteiger partial charge on any atom is 0.300 e. The molecule has 1 unspecified atom stereocenters. The van der Waals surface area contributed by atoms with Gasteiger partial charge in [0.2, 0.25) is 5.91 Å². The number of benzene rings is 3. The number of amides is 2. The van der Waals surface area contributed by atoms with E-state index in [2.05, 4.69) is 5.32 Å². The van der Waals surface area contributed by atoms with E-state index >= 15 is 0 Å². The molecule has 0 saturated carbocycles. The zero-order valence-corrected chi connectivity index (χ0v) is 20.4. The van der Waals surface area contributed by atoms with Gasteiger partial charge in [-0.05, 0) is 72.6 Å². The fourth-order valence-electron chi connectivity index (χ4n) is 4.31. The topological polar surface area (TPSA) is 105 Å². The van der Waals surface area contributed by atoms with Gasteiger partial charge in [-0.1, -0.05) is 12.1 Å². The summed E-state index contributed by atoms with van der Waals surface area (Å²) in [6.07, 6.45) is 0. The summed E-state index contributed by atoms with van der Waals surface area (Å²) in [5.41, 5.74) is 2.64. The highest BCUT2D eigenvalue weighted by Crippen LogP contribution is 2.43. The van der Waals surface area contributed by atoms with E-state index in [-0.39, 0.29) is 17.2 Å². The Morgan fingerprint density at radius 1 is 0.944 bits per heavy atom. The van der Waals surface area contributed by atoms with Crippen molar-refractivity contribution in [2.45, 2.75) is 19.9 Å². The van der Waals surface area contributed by atoms with E-state index in [1.807, 2.05) is 0 Å². The molecule has 1 heterocycles. The van der Waals surface area contributed by atoms with Crippen LogP contribution < -0.4 is 19.7 Å². The molecule has 1 aliphatic heterocycles. The molecule has 1 saturated heterocycles. The van der Waals surface area contributed by atoms with Crippen molar-refractivity contribution in [3.05, 3.63) is 89.0 Å². The van der Waals surface area contributed by atoms with E-state index in [1.54, 1.807) is 80.8 Å². The van der Waals surface area contributed by atoms with Crippen LogP contribution in [-0.4, -0.2) is 36.9 Å². The molecule has 8 heteroatoms. The molecule has 8 nitrogen and oxygen atoms in total. The smallest absolute Gasteiger partial charge is 0.300 e. The van der Waals surface area contributed by atoms with E-state index in [1.165, 1.54) is 18.9 Å². The molecule has 184 valence electrons. The predicted octanol–water partition coefficient (Wildman–Crippen LogP) is 4.60. The number of ketones is 1. The first-order valence-electron chi connectivity index (χ1n) is 11.2. The van der Waals surface area contributed by atoms with Crippen LogP contribution in [0.4, 0.5) is 11.4 Å². The number of ether oxygens (including phenoxy) is 2. The Balaban J connectivity index is 1.90. The third-order valence-electron chi connectivity index (χ3n) is 6.01. The standard InChI is InChI=1S/C28H26N2O6/c1-16-14-22(36-4)12-13-23(16)26(32)24-25(18-6-5-7-21(15-18)35-3)30(28(34)27(24)33)20-10-8-19(9-11-20)29-17(2)31/h5-15,25,32H,1-4H3,(H,29,31)/b26-24-. The molecule has 0 aliphatic carbocycles. The van der Waals surface area contributed by atoms with Gasteiger partial charge in [-0.3, -0.25) is 19.3 Å². The van der Waals surface area contributed by atoms with Crippen LogP contribution in [0.25, 0.3) is 5.76 Å². The first kappa shape index (κ1) is 24.5. The number of nitrogens with one attached hydrogen (secondary N) is 1. The molecule has 3 aromatic carbocycles. The molecule has 3 aromatic rings. The minimum absolute atomic E-state index is 0.0348. The van der Waals surface area contributed by atoms with Crippen LogP contribution >= 0.6 is 0 Å². The maximum atomic E-state index is 13.4. The molecule has 0 radical (unpaired) electrons. The van der Waals surface area contributed by atoms with Crippen LogP contribution in [0.1, 0.15) is 29.7 Å². The van der Waals surface area contributed by atoms with E-state index in [0.29, 0.717) is 39.6 Å². The number of Topliss-reactive ketones (excluding diaryl/α,β-unsaturated/α-hetero) is 1. The van der Waals surface area contributed by atoms with Crippen molar-refractivity contribution >= 4 is 34.7 Å². The van der Waals surface area contributed by atoms with Gasteiger partial charge >= 0.3 is 0 Å². The lowest BCUT2D eigenvalue weighted by molar-refractivity contribution is -0.132. The number of carbonyl (C=O) groups is 3. The number of hydrogen-bond donors (Lipinski definition) is 2. The summed E-state index contributed by atoms with van der Waals surface area (Å²) >= 11 is 0. The van der Waals surface area contributed by atoms with Crippen LogP contribution in [0.5, 0.6) is 11.5 Å². The van der Waals surface area contributed by atoms with Gasteiger partial charge in [0.05, 0.1) is 25.8 Å². The van der Waals surface area contributed by atoms with Gasteiger partial charge in [-0.25, -0.2) is 0 Å².